The summed E-state index contributed by atoms with van der Waals surface area (Å²) in [6.07, 6.45) is 2.08. The monoisotopic (exact) mass is 352 g/mol. The highest BCUT2D eigenvalue weighted by Crippen LogP contribution is 2.27. The number of nitrogens with one attached hydrogen (secondary N) is 1. The predicted molar refractivity (Wildman–Crippen MR) is 87.9 cm³/mol. The Kier molecular flexibility index (Phi) is 7.60. The van der Waals surface area contributed by atoms with E-state index in [0.29, 0.717) is 15.8 Å². The summed E-state index contributed by atoms with van der Waals surface area (Å²) in [5.74, 6) is 0.475. The molecule has 1 aromatic rings. The summed E-state index contributed by atoms with van der Waals surface area (Å²) in [6, 6.07) is 5.22. The van der Waals surface area contributed by atoms with Crippen LogP contribution in [0.15, 0.2) is 18.2 Å². The normalized spacial score (nSPS) is 17.5. The molecule has 1 N–H and O–H groups in total. The van der Waals surface area contributed by atoms with Gasteiger partial charge in [-0.1, -0.05) is 23.2 Å². The molecule has 0 saturated carbocycles. The van der Waals surface area contributed by atoms with Crippen molar-refractivity contribution in [2.24, 2.45) is 0 Å². The number of nitrogens with zero attached hydrogens (tertiary/aromatic N) is 1. The molecule has 4 nitrogen and oxygen atoms in total. The van der Waals surface area contributed by atoms with Crippen molar-refractivity contribution in [2.75, 3.05) is 26.7 Å². The van der Waals surface area contributed by atoms with E-state index in [1.807, 2.05) is 11.9 Å². The minimum absolute atomic E-state index is 0. The second kappa shape index (κ2) is 8.69. The maximum absolute atomic E-state index is 12.2. The third kappa shape index (κ3) is 4.92. The Hall–Kier alpha value is -0.680. The van der Waals surface area contributed by atoms with E-state index in [1.165, 1.54) is 0 Å². The predicted octanol–water partition coefficient (Wildman–Crippen LogP) is 3.00. The number of likely N-dealkylation sites (N-methyl/N-ethyl adjacent to an activating group) is 1. The van der Waals surface area contributed by atoms with Crippen molar-refractivity contribution in [1.82, 2.24) is 10.2 Å². The number of rotatable bonds is 5. The van der Waals surface area contributed by atoms with Crippen LogP contribution in [0.1, 0.15) is 12.8 Å². The third-order valence-electron chi connectivity index (χ3n) is 3.38. The fraction of sp³-hybridized carbons (Fsp3) is 0.500. The van der Waals surface area contributed by atoms with Gasteiger partial charge >= 0.3 is 0 Å². The number of carbonyl (C=O) groups excluding carboxylic acids is 1. The third-order valence-corrected chi connectivity index (χ3v) is 3.91. The molecule has 1 aliphatic rings. The van der Waals surface area contributed by atoms with E-state index in [0.717, 1.165) is 25.9 Å². The van der Waals surface area contributed by atoms with Crippen LogP contribution in [0.25, 0.3) is 0 Å². The first-order valence-electron chi connectivity index (χ1n) is 6.63. The number of ether oxygens (including phenoxy) is 1. The van der Waals surface area contributed by atoms with Crippen LogP contribution < -0.4 is 10.1 Å². The number of carbonyl (C=O) groups is 1. The molecule has 0 aromatic heterocycles. The molecule has 1 fully saturated rings. The van der Waals surface area contributed by atoms with Crippen molar-refractivity contribution >= 4 is 41.5 Å². The standard InChI is InChI=1S/C14H18Cl2N2O2.ClH/c1-17-8-11-3-2-6-18(11)14(19)9-20-13-5-4-10(15)7-12(13)16;/h4-5,7,11,17H,2-3,6,8-9H2,1H3;1H. The first-order valence-corrected chi connectivity index (χ1v) is 7.39. The van der Waals surface area contributed by atoms with Crippen LogP contribution in [0.2, 0.25) is 10.0 Å². The second-order valence-electron chi connectivity index (χ2n) is 4.80. The van der Waals surface area contributed by atoms with E-state index in [4.69, 9.17) is 27.9 Å². The summed E-state index contributed by atoms with van der Waals surface area (Å²) in [7, 11) is 1.89. The number of amides is 1. The van der Waals surface area contributed by atoms with Crippen LogP contribution in [-0.2, 0) is 4.79 Å². The Balaban J connectivity index is 0.00000220. The number of likely N-dealkylation sites (tertiary alicyclic amines) is 1. The summed E-state index contributed by atoms with van der Waals surface area (Å²) in [6.45, 7) is 1.61. The van der Waals surface area contributed by atoms with Crippen molar-refractivity contribution in [1.29, 1.82) is 0 Å². The minimum Gasteiger partial charge on any atom is -0.482 e. The molecule has 1 amide bonds. The van der Waals surface area contributed by atoms with Gasteiger partial charge in [-0.2, -0.15) is 0 Å². The molecule has 7 heteroatoms. The molecule has 1 atom stereocenters. The molecule has 21 heavy (non-hydrogen) atoms. The zero-order valence-corrected chi connectivity index (χ0v) is 14.1. The average molecular weight is 354 g/mol. The van der Waals surface area contributed by atoms with Gasteiger partial charge in [-0.3, -0.25) is 4.79 Å². The summed E-state index contributed by atoms with van der Waals surface area (Å²) in [5, 5.41) is 4.07. The van der Waals surface area contributed by atoms with Crippen molar-refractivity contribution in [3.8, 4) is 5.75 Å². The second-order valence-corrected chi connectivity index (χ2v) is 5.65. The highest BCUT2D eigenvalue weighted by atomic mass is 35.5. The van der Waals surface area contributed by atoms with Crippen LogP contribution in [0.5, 0.6) is 5.75 Å². The average Bonchev–Trinajstić information content (AvgIpc) is 2.86. The number of benzene rings is 1. The van der Waals surface area contributed by atoms with E-state index in [9.17, 15) is 4.79 Å². The number of hydrogen-bond acceptors (Lipinski definition) is 3. The van der Waals surface area contributed by atoms with Gasteiger partial charge in [0.05, 0.1) is 5.02 Å². The molecule has 0 bridgehead atoms. The Morgan fingerprint density at radius 2 is 2.24 bits per heavy atom. The maximum atomic E-state index is 12.2. The molecule has 1 aliphatic heterocycles. The molecule has 2 rings (SSSR count). The SMILES string of the molecule is CNCC1CCCN1C(=O)COc1ccc(Cl)cc1Cl.Cl. The van der Waals surface area contributed by atoms with Gasteiger partial charge in [0.25, 0.3) is 5.91 Å². The van der Waals surface area contributed by atoms with E-state index in [-0.39, 0.29) is 31.0 Å². The van der Waals surface area contributed by atoms with Gasteiger partial charge in [-0.25, -0.2) is 0 Å². The van der Waals surface area contributed by atoms with Gasteiger partial charge in [-0.15, -0.1) is 12.4 Å². The fourth-order valence-corrected chi connectivity index (χ4v) is 2.89. The Labute approximate surface area is 141 Å². The highest BCUT2D eigenvalue weighted by Gasteiger charge is 2.28. The van der Waals surface area contributed by atoms with Crippen molar-refractivity contribution in [3.05, 3.63) is 28.2 Å². The lowest BCUT2D eigenvalue weighted by Gasteiger charge is -2.24. The minimum atomic E-state index is -0.00577. The summed E-state index contributed by atoms with van der Waals surface area (Å²) in [5.41, 5.74) is 0. The van der Waals surface area contributed by atoms with Crippen LogP contribution in [-0.4, -0.2) is 43.6 Å². The van der Waals surface area contributed by atoms with Crippen LogP contribution in [0, 0.1) is 0 Å². The van der Waals surface area contributed by atoms with Crippen molar-refractivity contribution in [3.63, 3.8) is 0 Å². The molecule has 118 valence electrons. The highest BCUT2D eigenvalue weighted by molar-refractivity contribution is 6.35. The fourth-order valence-electron chi connectivity index (χ4n) is 2.43. The zero-order valence-electron chi connectivity index (χ0n) is 11.8. The molecule has 0 radical (unpaired) electrons. The van der Waals surface area contributed by atoms with Crippen molar-refractivity contribution < 1.29 is 9.53 Å². The van der Waals surface area contributed by atoms with E-state index in [1.54, 1.807) is 18.2 Å². The first-order chi connectivity index (χ1) is 9.61. The van der Waals surface area contributed by atoms with Crippen LogP contribution in [0.3, 0.4) is 0 Å². The smallest absolute Gasteiger partial charge is 0.260 e. The lowest BCUT2D eigenvalue weighted by Crippen LogP contribution is -2.43. The van der Waals surface area contributed by atoms with Crippen LogP contribution in [0.4, 0.5) is 0 Å². The lowest BCUT2D eigenvalue weighted by atomic mass is 10.2. The Bertz CT molecular complexity index is 485. The van der Waals surface area contributed by atoms with E-state index >= 15 is 0 Å². The zero-order chi connectivity index (χ0) is 14.5. The molecular formula is C14H19Cl3N2O2. The van der Waals surface area contributed by atoms with Gasteiger partial charge in [-0.05, 0) is 38.1 Å². The van der Waals surface area contributed by atoms with Crippen LogP contribution >= 0.6 is 35.6 Å². The van der Waals surface area contributed by atoms with Gasteiger partial charge < -0.3 is 15.0 Å². The summed E-state index contributed by atoms with van der Waals surface area (Å²) >= 11 is 11.8. The molecule has 1 saturated heterocycles. The van der Waals surface area contributed by atoms with Gasteiger partial charge in [0, 0.05) is 24.2 Å². The molecule has 0 aliphatic carbocycles. The molecular weight excluding hydrogens is 335 g/mol. The summed E-state index contributed by atoms with van der Waals surface area (Å²) in [4.78, 5) is 14.1. The number of halogens is 3. The Morgan fingerprint density at radius 3 is 2.90 bits per heavy atom. The summed E-state index contributed by atoms with van der Waals surface area (Å²) < 4.78 is 5.49. The topological polar surface area (TPSA) is 41.6 Å². The van der Waals surface area contributed by atoms with E-state index in [2.05, 4.69) is 5.32 Å². The lowest BCUT2D eigenvalue weighted by molar-refractivity contribution is -0.134. The largest absolute Gasteiger partial charge is 0.482 e. The molecule has 0 spiro atoms. The van der Waals surface area contributed by atoms with E-state index < -0.39 is 0 Å². The quantitative estimate of drug-likeness (QED) is 0.885. The number of hydrogen-bond donors (Lipinski definition) is 1. The first kappa shape index (κ1) is 18.4. The van der Waals surface area contributed by atoms with Gasteiger partial charge in [0.1, 0.15) is 5.75 Å². The molecule has 1 aromatic carbocycles. The van der Waals surface area contributed by atoms with Gasteiger partial charge in [0.2, 0.25) is 0 Å². The molecule has 1 heterocycles. The van der Waals surface area contributed by atoms with Gasteiger partial charge in [0.15, 0.2) is 6.61 Å². The maximum Gasteiger partial charge on any atom is 0.260 e. The van der Waals surface area contributed by atoms with Crippen molar-refractivity contribution in [2.45, 2.75) is 18.9 Å². The Morgan fingerprint density at radius 1 is 1.48 bits per heavy atom. The molecule has 1 unspecified atom stereocenters.